The van der Waals surface area contributed by atoms with E-state index in [0.717, 1.165) is 5.56 Å². The fourth-order valence-electron chi connectivity index (χ4n) is 2.97. The van der Waals surface area contributed by atoms with E-state index in [1.54, 1.807) is 61.8 Å². The van der Waals surface area contributed by atoms with Crippen LogP contribution in [0.5, 0.6) is 0 Å². The van der Waals surface area contributed by atoms with Crippen LogP contribution in [0.4, 0.5) is 0 Å². The second kappa shape index (κ2) is 8.70. The molecule has 0 aliphatic heterocycles. The van der Waals surface area contributed by atoms with Gasteiger partial charge in [0.15, 0.2) is 0 Å². The van der Waals surface area contributed by atoms with Gasteiger partial charge in [0, 0.05) is 30.3 Å². The molecule has 0 aliphatic rings. The molecule has 0 bridgehead atoms. The van der Waals surface area contributed by atoms with Crippen molar-refractivity contribution in [2.24, 2.45) is 12.8 Å². The molecule has 3 rings (SSSR count). The number of carbonyl (C=O) groups is 3. The zero-order valence-electron chi connectivity index (χ0n) is 15.6. The average Bonchev–Trinajstić information content (AvgIpc) is 3.09. The van der Waals surface area contributed by atoms with Crippen molar-refractivity contribution in [2.45, 2.75) is 12.5 Å². The van der Waals surface area contributed by atoms with Crippen LogP contribution in [-0.4, -0.2) is 33.4 Å². The van der Waals surface area contributed by atoms with Crippen LogP contribution in [0.15, 0.2) is 60.8 Å². The normalized spacial score (nSPS) is 11.7. The maximum atomic E-state index is 13.0. The number of primary amides is 1. The van der Waals surface area contributed by atoms with E-state index in [2.05, 4.69) is 10.4 Å². The molecule has 3 aromatic rings. The zero-order valence-corrected chi connectivity index (χ0v) is 16.4. The van der Waals surface area contributed by atoms with Crippen LogP contribution in [0.25, 0.3) is 11.3 Å². The number of rotatable bonds is 7. The first-order valence-corrected chi connectivity index (χ1v) is 9.21. The van der Waals surface area contributed by atoms with E-state index < -0.39 is 23.6 Å². The maximum Gasteiger partial charge on any atom is 0.287 e. The van der Waals surface area contributed by atoms with Crippen molar-refractivity contribution in [2.75, 3.05) is 0 Å². The lowest BCUT2D eigenvalue weighted by Gasteiger charge is -2.16. The van der Waals surface area contributed by atoms with Crippen LogP contribution in [-0.2, 0) is 23.1 Å². The Labute approximate surface area is 172 Å². The summed E-state index contributed by atoms with van der Waals surface area (Å²) in [5.74, 6) is -2.51. The van der Waals surface area contributed by atoms with Crippen LogP contribution in [0, 0.1) is 0 Å². The molecule has 1 atom stereocenters. The van der Waals surface area contributed by atoms with Gasteiger partial charge in [-0.3, -0.25) is 19.1 Å². The van der Waals surface area contributed by atoms with Gasteiger partial charge in [0.05, 0.1) is 5.56 Å². The van der Waals surface area contributed by atoms with Gasteiger partial charge in [-0.25, -0.2) is 0 Å². The molecule has 0 spiro atoms. The quantitative estimate of drug-likeness (QED) is 0.582. The molecule has 2 aromatic carbocycles. The monoisotopic (exact) mass is 410 g/mol. The van der Waals surface area contributed by atoms with Gasteiger partial charge >= 0.3 is 0 Å². The third-order valence-electron chi connectivity index (χ3n) is 4.32. The van der Waals surface area contributed by atoms with Crippen molar-refractivity contribution in [3.8, 4) is 11.3 Å². The van der Waals surface area contributed by atoms with Gasteiger partial charge in [-0.2, -0.15) is 5.10 Å². The number of aromatic nitrogens is 2. The van der Waals surface area contributed by atoms with E-state index in [-0.39, 0.29) is 12.0 Å². The summed E-state index contributed by atoms with van der Waals surface area (Å²) in [5, 5.41) is 7.47. The largest absolute Gasteiger partial charge is 0.363 e. The SMILES string of the molecule is Cn1cc(C(=O)NC(Cc2ccccc2)C(=O)C(N)=O)c(-c2cccc(Cl)c2)n1. The number of hydrogen-bond donors (Lipinski definition) is 2. The molecule has 2 amide bonds. The van der Waals surface area contributed by atoms with E-state index in [1.807, 2.05) is 6.07 Å². The van der Waals surface area contributed by atoms with E-state index in [0.29, 0.717) is 16.3 Å². The van der Waals surface area contributed by atoms with Crippen LogP contribution >= 0.6 is 11.6 Å². The van der Waals surface area contributed by atoms with E-state index in [9.17, 15) is 14.4 Å². The Morgan fingerprint density at radius 2 is 1.86 bits per heavy atom. The zero-order chi connectivity index (χ0) is 21.0. The summed E-state index contributed by atoms with van der Waals surface area (Å²) in [6.45, 7) is 0. The number of hydrogen-bond acceptors (Lipinski definition) is 4. The van der Waals surface area contributed by atoms with Crippen LogP contribution in [0.1, 0.15) is 15.9 Å². The second-order valence-corrected chi connectivity index (χ2v) is 6.96. The molecule has 0 saturated heterocycles. The number of nitrogens with two attached hydrogens (primary N) is 1. The molecule has 3 N–H and O–H groups in total. The number of carbonyl (C=O) groups excluding carboxylic acids is 3. The minimum atomic E-state index is -1.10. The first-order valence-electron chi connectivity index (χ1n) is 8.83. The Balaban J connectivity index is 1.90. The Hall–Kier alpha value is -3.45. The van der Waals surface area contributed by atoms with Crippen molar-refractivity contribution >= 4 is 29.2 Å². The Morgan fingerprint density at radius 3 is 2.52 bits per heavy atom. The number of nitrogens with zero attached hydrogens (tertiary/aromatic N) is 2. The Morgan fingerprint density at radius 1 is 1.14 bits per heavy atom. The second-order valence-electron chi connectivity index (χ2n) is 6.52. The molecule has 29 heavy (non-hydrogen) atoms. The van der Waals surface area contributed by atoms with Gasteiger partial charge in [-0.1, -0.05) is 54.1 Å². The first-order chi connectivity index (χ1) is 13.8. The predicted octanol–water partition coefficient (Wildman–Crippen LogP) is 2.14. The first kappa shape index (κ1) is 20.3. The number of ketones is 1. The van der Waals surface area contributed by atoms with Gasteiger partial charge < -0.3 is 11.1 Å². The highest BCUT2D eigenvalue weighted by Gasteiger charge is 2.27. The lowest BCUT2D eigenvalue weighted by molar-refractivity contribution is -0.137. The van der Waals surface area contributed by atoms with Crippen LogP contribution in [0.2, 0.25) is 5.02 Å². The van der Waals surface area contributed by atoms with Crippen molar-refractivity contribution < 1.29 is 14.4 Å². The molecule has 148 valence electrons. The summed E-state index contributed by atoms with van der Waals surface area (Å²) in [6.07, 6.45) is 1.68. The third-order valence-corrected chi connectivity index (χ3v) is 4.55. The highest BCUT2D eigenvalue weighted by Crippen LogP contribution is 2.24. The molecular weight excluding hydrogens is 392 g/mol. The lowest BCUT2D eigenvalue weighted by Crippen LogP contribution is -2.47. The number of Topliss-reactive ketones (excluding diaryl/α,β-unsaturated/α-hetero) is 1. The van der Waals surface area contributed by atoms with Crippen molar-refractivity contribution in [3.63, 3.8) is 0 Å². The summed E-state index contributed by atoms with van der Waals surface area (Å²) in [7, 11) is 1.68. The number of amides is 2. The predicted molar refractivity (Wildman–Crippen MR) is 109 cm³/mol. The molecule has 1 aromatic heterocycles. The Kier molecular flexibility index (Phi) is 6.09. The lowest BCUT2D eigenvalue weighted by atomic mass is 10.0. The van der Waals surface area contributed by atoms with Gasteiger partial charge in [-0.15, -0.1) is 0 Å². The average molecular weight is 411 g/mol. The topological polar surface area (TPSA) is 107 Å². The van der Waals surface area contributed by atoms with Gasteiger partial charge in [0.2, 0.25) is 5.78 Å². The van der Waals surface area contributed by atoms with Crippen LogP contribution in [0.3, 0.4) is 0 Å². The van der Waals surface area contributed by atoms with Crippen molar-refractivity contribution in [3.05, 3.63) is 76.9 Å². The molecule has 8 heteroatoms. The minimum absolute atomic E-state index is 0.140. The molecule has 0 fully saturated rings. The highest BCUT2D eigenvalue weighted by atomic mass is 35.5. The van der Waals surface area contributed by atoms with Crippen molar-refractivity contribution in [1.29, 1.82) is 0 Å². The third kappa shape index (κ3) is 4.89. The van der Waals surface area contributed by atoms with Gasteiger partial charge in [0.1, 0.15) is 11.7 Å². The summed E-state index contributed by atoms with van der Waals surface area (Å²) in [4.78, 5) is 36.7. The van der Waals surface area contributed by atoms with Gasteiger partial charge in [0.25, 0.3) is 11.8 Å². The number of benzene rings is 2. The fourth-order valence-corrected chi connectivity index (χ4v) is 3.16. The molecule has 0 aliphatic carbocycles. The fraction of sp³-hybridized carbons (Fsp3) is 0.143. The summed E-state index contributed by atoms with van der Waals surface area (Å²) in [6, 6.07) is 14.9. The molecule has 1 heterocycles. The molecule has 0 saturated carbocycles. The van der Waals surface area contributed by atoms with Crippen molar-refractivity contribution in [1.82, 2.24) is 15.1 Å². The standard InChI is InChI=1S/C21H19ClN4O3/c1-26-12-16(18(25-26)14-8-5-9-15(22)11-14)21(29)24-17(19(27)20(23)28)10-13-6-3-2-4-7-13/h2-9,11-12,17H,10H2,1H3,(H2,23,28)(H,24,29). The summed E-state index contributed by atoms with van der Waals surface area (Å²) >= 11 is 6.05. The maximum absolute atomic E-state index is 13.0. The Bertz CT molecular complexity index is 1060. The molecular formula is C21H19ClN4O3. The molecule has 1 unspecified atom stereocenters. The highest BCUT2D eigenvalue weighted by molar-refractivity contribution is 6.38. The number of halogens is 1. The number of nitrogens with one attached hydrogen (secondary N) is 1. The summed E-state index contributed by atoms with van der Waals surface area (Å²) in [5.41, 5.74) is 7.29. The van der Waals surface area contributed by atoms with Gasteiger partial charge in [-0.05, 0) is 17.7 Å². The van der Waals surface area contributed by atoms with E-state index in [1.165, 1.54) is 4.68 Å². The smallest absolute Gasteiger partial charge is 0.287 e. The van der Waals surface area contributed by atoms with Crippen LogP contribution < -0.4 is 11.1 Å². The molecule has 7 nitrogen and oxygen atoms in total. The minimum Gasteiger partial charge on any atom is -0.363 e. The van der Waals surface area contributed by atoms with E-state index >= 15 is 0 Å². The van der Waals surface area contributed by atoms with E-state index in [4.69, 9.17) is 17.3 Å². The number of aryl methyl sites for hydroxylation is 1. The molecule has 0 radical (unpaired) electrons. The summed E-state index contributed by atoms with van der Waals surface area (Å²) < 4.78 is 1.49.